The van der Waals surface area contributed by atoms with Crippen molar-refractivity contribution in [2.75, 3.05) is 26.4 Å². The number of aromatic nitrogens is 1. The van der Waals surface area contributed by atoms with Crippen LogP contribution in [0.1, 0.15) is 0 Å². The number of halogens is 2. The van der Waals surface area contributed by atoms with Gasteiger partial charge in [0.2, 0.25) is 0 Å². The largest absolute Gasteiger partial charge is 0.309 e. The highest BCUT2D eigenvalue weighted by Crippen LogP contribution is 2.26. The van der Waals surface area contributed by atoms with Gasteiger partial charge < -0.3 is 4.90 Å². The van der Waals surface area contributed by atoms with E-state index in [0.717, 1.165) is 21.8 Å². The van der Waals surface area contributed by atoms with Crippen LogP contribution in [0.2, 0.25) is 5.02 Å². The normalized spacial score (nSPS) is 10.9. The highest BCUT2D eigenvalue weighted by Gasteiger charge is 2.03. The van der Waals surface area contributed by atoms with Crippen molar-refractivity contribution in [3.63, 3.8) is 0 Å². The molecule has 1 aromatic heterocycles. The lowest BCUT2D eigenvalue weighted by Gasteiger charge is -2.08. The number of hydrogen-bond acceptors (Lipinski definition) is 3. The molecule has 0 radical (unpaired) electrons. The smallest absolute Gasteiger partial charge is 0.115 e. The Bertz CT molecular complexity index is 307. The molecule has 0 bridgehead atoms. The molecule has 0 amide bonds. The minimum absolute atomic E-state index is 0.711. The van der Waals surface area contributed by atoms with Gasteiger partial charge in [0.25, 0.3) is 0 Å². The standard InChI is InChI=1S/C9H12BrClN2S/c1-13(2)3-4-14-9-8(11)5-7(10)6-12-9/h5-6H,3-4H2,1-2H3. The summed E-state index contributed by atoms with van der Waals surface area (Å²) < 4.78 is 0.916. The molecule has 0 aliphatic heterocycles. The topological polar surface area (TPSA) is 16.1 Å². The van der Waals surface area contributed by atoms with Crippen molar-refractivity contribution in [3.8, 4) is 0 Å². The highest BCUT2D eigenvalue weighted by atomic mass is 79.9. The molecule has 1 heterocycles. The Kier molecular flexibility index (Phi) is 5.23. The van der Waals surface area contributed by atoms with Gasteiger partial charge in [0.1, 0.15) is 5.03 Å². The Balaban J connectivity index is 2.51. The first-order valence-electron chi connectivity index (χ1n) is 4.18. The van der Waals surface area contributed by atoms with E-state index in [9.17, 15) is 0 Å². The molecule has 5 heteroatoms. The number of pyridine rings is 1. The molecule has 0 aliphatic carbocycles. The van der Waals surface area contributed by atoms with Crippen molar-refractivity contribution in [1.29, 1.82) is 0 Å². The number of rotatable bonds is 4. The zero-order valence-corrected chi connectivity index (χ0v) is 11.3. The summed E-state index contributed by atoms with van der Waals surface area (Å²) in [6, 6.07) is 1.87. The van der Waals surface area contributed by atoms with Crippen LogP contribution in [0.4, 0.5) is 0 Å². The molecule has 0 saturated heterocycles. The lowest BCUT2D eigenvalue weighted by molar-refractivity contribution is 0.437. The summed E-state index contributed by atoms with van der Waals surface area (Å²) in [4.78, 5) is 6.38. The Morgan fingerprint density at radius 2 is 2.29 bits per heavy atom. The average molecular weight is 296 g/mol. The monoisotopic (exact) mass is 294 g/mol. The van der Waals surface area contributed by atoms with Gasteiger partial charge in [-0.15, -0.1) is 11.8 Å². The van der Waals surface area contributed by atoms with Crippen molar-refractivity contribution in [2.24, 2.45) is 0 Å². The molecule has 2 nitrogen and oxygen atoms in total. The van der Waals surface area contributed by atoms with E-state index in [1.807, 2.05) is 6.07 Å². The van der Waals surface area contributed by atoms with E-state index in [4.69, 9.17) is 11.6 Å². The van der Waals surface area contributed by atoms with Crippen LogP contribution in [-0.2, 0) is 0 Å². The molecule has 0 aliphatic rings. The van der Waals surface area contributed by atoms with Gasteiger partial charge in [-0.1, -0.05) is 11.6 Å². The maximum absolute atomic E-state index is 6.02. The van der Waals surface area contributed by atoms with Crippen LogP contribution in [0.25, 0.3) is 0 Å². The quantitative estimate of drug-likeness (QED) is 0.794. The molecule has 0 unspecified atom stereocenters. The fourth-order valence-electron chi connectivity index (χ4n) is 0.833. The van der Waals surface area contributed by atoms with Gasteiger partial charge in [-0.3, -0.25) is 0 Å². The van der Waals surface area contributed by atoms with Gasteiger partial charge in [0.15, 0.2) is 0 Å². The molecule has 78 valence electrons. The lowest BCUT2D eigenvalue weighted by atomic mass is 10.5. The first-order valence-corrected chi connectivity index (χ1v) is 6.34. The molecule has 0 spiro atoms. The number of nitrogens with zero attached hydrogens (tertiary/aromatic N) is 2. The molecule has 14 heavy (non-hydrogen) atoms. The first kappa shape index (κ1) is 12.3. The van der Waals surface area contributed by atoms with Gasteiger partial charge >= 0.3 is 0 Å². The predicted octanol–water partition coefficient (Wildman–Crippen LogP) is 3.15. The van der Waals surface area contributed by atoms with Gasteiger partial charge in [0, 0.05) is 23.0 Å². The molecule has 0 saturated carbocycles. The van der Waals surface area contributed by atoms with E-state index in [0.29, 0.717) is 5.02 Å². The van der Waals surface area contributed by atoms with Crippen LogP contribution in [0, 0.1) is 0 Å². The SMILES string of the molecule is CN(C)CCSc1ncc(Br)cc1Cl. The molecule has 0 N–H and O–H groups in total. The Hall–Kier alpha value is 0.230. The van der Waals surface area contributed by atoms with E-state index in [2.05, 4.69) is 39.9 Å². The molecule has 0 atom stereocenters. The predicted molar refractivity (Wildman–Crippen MR) is 66.2 cm³/mol. The zero-order valence-electron chi connectivity index (χ0n) is 8.13. The van der Waals surface area contributed by atoms with Crippen molar-refractivity contribution in [3.05, 3.63) is 21.8 Å². The summed E-state index contributed by atoms with van der Waals surface area (Å²) in [7, 11) is 4.11. The first-order chi connectivity index (χ1) is 6.59. The summed E-state index contributed by atoms with van der Waals surface area (Å²) in [6.07, 6.45) is 1.77. The van der Waals surface area contributed by atoms with Crippen molar-refractivity contribution in [1.82, 2.24) is 9.88 Å². The summed E-state index contributed by atoms with van der Waals surface area (Å²) in [5, 5.41) is 1.61. The summed E-state index contributed by atoms with van der Waals surface area (Å²) in [5.74, 6) is 1.00. The van der Waals surface area contributed by atoms with Gasteiger partial charge in [0.05, 0.1) is 5.02 Å². The molecular weight excluding hydrogens is 284 g/mol. The van der Waals surface area contributed by atoms with Gasteiger partial charge in [-0.2, -0.15) is 0 Å². The van der Waals surface area contributed by atoms with Gasteiger partial charge in [-0.25, -0.2) is 4.98 Å². The molecule has 0 aromatic carbocycles. The van der Waals surface area contributed by atoms with E-state index in [-0.39, 0.29) is 0 Å². The molecule has 1 aromatic rings. The van der Waals surface area contributed by atoms with E-state index < -0.39 is 0 Å². The third-order valence-electron chi connectivity index (χ3n) is 1.55. The fourth-order valence-corrected chi connectivity index (χ4v) is 2.60. The second kappa shape index (κ2) is 5.95. The van der Waals surface area contributed by atoms with Crippen LogP contribution in [0.15, 0.2) is 21.8 Å². The molecular formula is C9H12BrClN2S. The van der Waals surface area contributed by atoms with Gasteiger partial charge in [-0.05, 0) is 36.1 Å². The third kappa shape index (κ3) is 4.17. The Morgan fingerprint density at radius 3 is 2.86 bits per heavy atom. The zero-order chi connectivity index (χ0) is 10.6. The van der Waals surface area contributed by atoms with Crippen molar-refractivity contribution < 1.29 is 0 Å². The number of thioether (sulfide) groups is 1. The molecule has 0 fully saturated rings. The van der Waals surface area contributed by atoms with Crippen LogP contribution in [0.3, 0.4) is 0 Å². The lowest BCUT2D eigenvalue weighted by Crippen LogP contribution is -2.14. The van der Waals surface area contributed by atoms with Crippen LogP contribution in [-0.4, -0.2) is 36.3 Å². The summed E-state index contributed by atoms with van der Waals surface area (Å²) >= 11 is 11.0. The minimum atomic E-state index is 0.711. The summed E-state index contributed by atoms with van der Waals surface area (Å²) in [5.41, 5.74) is 0. The molecule has 1 rings (SSSR count). The maximum atomic E-state index is 6.02. The summed E-state index contributed by atoms with van der Waals surface area (Å²) in [6.45, 7) is 1.03. The Morgan fingerprint density at radius 1 is 1.57 bits per heavy atom. The van der Waals surface area contributed by atoms with Crippen molar-refractivity contribution >= 4 is 39.3 Å². The second-order valence-corrected chi connectivity index (χ2v) is 5.50. The fraction of sp³-hybridized carbons (Fsp3) is 0.444. The average Bonchev–Trinajstić information content (AvgIpc) is 2.08. The Labute approximate surface area is 102 Å². The third-order valence-corrected chi connectivity index (χ3v) is 3.37. The van der Waals surface area contributed by atoms with E-state index in [1.54, 1.807) is 18.0 Å². The van der Waals surface area contributed by atoms with Crippen molar-refractivity contribution in [2.45, 2.75) is 5.03 Å². The number of hydrogen-bond donors (Lipinski definition) is 0. The highest BCUT2D eigenvalue weighted by molar-refractivity contribution is 9.10. The van der Waals surface area contributed by atoms with Crippen LogP contribution < -0.4 is 0 Å². The maximum Gasteiger partial charge on any atom is 0.115 e. The second-order valence-electron chi connectivity index (χ2n) is 3.09. The van der Waals surface area contributed by atoms with Crippen LogP contribution in [0.5, 0.6) is 0 Å². The van der Waals surface area contributed by atoms with E-state index in [1.165, 1.54) is 0 Å². The van der Waals surface area contributed by atoms with E-state index >= 15 is 0 Å². The minimum Gasteiger partial charge on any atom is -0.309 e. The van der Waals surface area contributed by atoms with Crippen LogP contribution >= 0.6 is 39.3 Å².